The van der Waals surface area contributed by atoms with Crippen LogP contribution in [-0.2, 0) is 10.2 Å². The van der Waals surface area contributed by atoms with E-state index in [0.29, 0.717) is 31.1 Å². The summed E-state index contributed by atoms with van der Waals surface area (Å²) in [5.74, 6) is 0.743. The van der Waals surface area contributed by atoms with Gasteiger partial charge in [0.1, 0.15) is 5.76 Å². The molecule has 0 bridgehead atoms. The third kappa shape index (κ3) is 4.23. The Morgan fingerprint density at radius 3 is 2.62 bits per heavy atom. The van der Waals surface area contributed by atoms with Crippen LogP contribution in [0.5, 0.6) is 0 Å². The standard InChI is InChI=1S/C21H28N4O3S/c1-16-15-17(23-28-16)19(26)25-12-10-24(11-13-25)9-8-22-20(27)21(6-2-3-7-21)18-5-4-14-29-18/h4-5,14-15H,2-3,6-13H2,1H3,(H,22,27). The number of aryl methyl sites for hydroxylation is 1. The van der Waals surface area contributed by atoms with E-state index < -0.39 is 0 Å². The maximum Gasteiger partial charge on any atom is 0.276 e. The Morgan fingerprint density at radius 2 is 2.00 bits per heavy atom. The minimum atomic E-state index is -0.324. The lowest BCUT2D eigenvalue weighted by Gasteiger charge is -2.34. The van der Waals surface area contributed by atoms with Crippen molar-refractivity contribution in [2.75, 3.05) is 39.3 Å². The molecule has 0 spiro atoms. The highest BCUT2D eigenvalue weighted by Gasteiger charge is 2.43. The monoisotopic (exact) mass is 416 g/mol. The predicted octanol–water partition coefficient (Wildman–Crippen LogP) is 2.43. The largest absolute Gasteiger partial charge is 0.361 e. The average molecular weight is 417 g/mol. The summed E-state index contributed by atoms with van der Waals surface area (Å²) in [5.41, 5.74) is 0.0494. The van der Waals surface area contributed by atoms with Crippen molar-refractivity contribution < 1.29 is 14.1 Å². The second kappa shape index (κ2) is 8.67. The Morgan fingerprint density at radius 1 is 1.24 bits per heavy atom. The van der Waals surface area contributed by atoms with Gasteiger partial charge in [-0.25, -0.2) is 0 Å². The lowest BCUT2D eigenvalue weighted by molar-refractivity contribution is -0.126. The van der Waals surface area contributed by atoms with Crippen LogP contribution in [0.4, 0.5) is 0 Å². The van der Waals surface area contributed by atoms with Gasteiger partial charge in [-0.3, -0.25) is 14.5 Å². The van der Waals surface area contributed by atoms with Crippen LogP contribution in [0.25, 0.3) is 0 Å². The van der Waals surface area contributed by atoms with Crippen LogP contribution < -0.4 is 5.32 Å². The van der Waals surface area contributed by atoms with E-state index in [0.717, 1.165) is 45.3 Å². The molecule has 0 atom stereocenters. The van der Waals surface area contributed by atoms with Gasteiger partial charge in [-0.05, 0) is 31.2 Å². The number of hydrogen-bond donors (Lipinski definition) is 1. The van der Waals surface area contributed by atoms with Gasteiger partial charge in [0.05, 0.1) is 5.41 Å². The smallest absolute Gasteiger partial charge is 0.276 e. The number of aromatic nitrogens is 1. The second-order valence-corrected chi connectivity index (χ2v) is 8.93. The zero-order valence-corrected chi connectivity index (χ0v) is 17.7. The Labute approximate surface area is 175 Å². The van der Waals surface area contributed by atoms with E-state index in [1.807, 2.05) is 11.0 Å². The minimum absolute atomic E-state index is 0.0751. The van der Waals surface area contributed by atoms with Crippen LogP contribution in [0.1, 0.15) is 46.8 Å². The fourth-order valence-electron chi connectivity index (χ4n) is 4.42. The summed E-state index contributed by atoms with van der Waals surface area (Å²) in [7, 11) is 0. The Hall–Kier alpha value is -2.19. The number of piperazine rings is 1. The molecule has 156 valence electrons. The van der Waals surface area contributed by atoms with Crippen molar-refractivity contribution >= 4 is 23.2 Å². The molecule has 2 aliphatic rings. The maximum absolute atomic E-state index is 13.0. The predicted molar refractivity (Wildman–Crippen MR) is 111 cm³/mol. The van der Waals surface area contributed by atoms with Crippen molar-refractivity contribution in [1.29, 1.82) is 0 Å². The molecule has 4 rings (SSSR count). The maximum atomic E-state index is 13.0. The summed E-state index contributed by atoms with van der Waals surface area (Å²) in [4.78, 5) is 30.8. The number of carbonyl (C=O) groups excluding carboxylic acids is 2. The molecule has 1 N–H and O–H groups in total. The molecule has 29 heavy (non-hydrogen) atoms. The first-order valence-electron chi connectivity index (χ1n) is 10.4. The Kier molecular flexibility index (Phi) is 6.01. The highest BCUT2D eigenvalue weighted by Crippen LogP contribution is 2.43. The van der Waals surface area contributed by atoms with Gasteiger partial charge >= 0.3 is 0 Å². The highest BCUT2D eigenvalue weighted by molar-refractivity contribution is 7.10. The van der Waals surface area contributed by atoms with Crippen molar-refractivity contribution in [2.24, 2.45) is 0 Å². The molecule has 2 aromatic heterocycles. The first-order valence-corrected chi connectivity index (χ1v) is 11.2. The highest BCUT2D eigenvalue weighted by atomic mass is 32.1. The van der Waals surface area contributed by atoms with Gasteiger partial charge in [0.25, 0.3) is 5.91 Å². The van der Waals surface area contributed by atoms with Gasteiger partial charge in [-0.15, -0.1) is 11.3 Å². The molecule has 7 nitrogen and oxygen atoms in total. The molecule has 8 heteroatoms. The van der Waals surface area contributed by atoms with Crippen LogP contribution in [0.2, 0.25) is 0 Å². The molecule has 2 amide bonds. The molecule has 1 aliphatic heterocycles. The number of amides is 2. The quantitative estimate of drug-likeness (QED) is 0.783. The first kappa shape index (κ1) is 20.1. The Balaban J connectivity index is 1.24. The number of nitrogens with one attached hydrogen (secondary N) is 1. The Bertz CT molecular complexity index is 834. The fraction of sp³-hybridized carbons (Fsp3) is 0.571. The van der Waals surface area contributed by atoms with Gasteiger partial charge < -0.3 is 14.7 Å². The molecule has 0 radical (unpaired) electrons. The van der Waals surface area contributed by atoms with Crippen molar-refractivity contribution in [3.05, 3.63) is 39.9 Å². The molecule has 0 aromatic carbocycles. The summed E-state index contributed by atoms with van der Waals surface area (Å²) in [6, 6.07) is 5.81. The van der Waals surface area contributed by atoms with E-state index in [-0.39, 0.29) is 17.2 Å². The fourth-order valence-corrected chi connectivity index (χ4v) is 5.40. The first-order chi connectivity index (χ1) is 14.1. The molecule has 0 unspecified atom stereocenters. The van der Waals surface area contributed by atoms with Gasteiger partial charge in [-0.2, -0.15) is 0 Å². The average Bonchev–Trinajstić information content (AvgIpc) is 3.49. The second-order valence-electron chi connectivity index (χ2n) is 7.98. The molecular formula is C21H28N4O3S. The summed E-state index contributed by atoms with van der Waals surface area (Å²) in [6.07, 6.45) is 4.13. The number of rotatable bonds is 6. The summed E-state index contributed by atoms with van der Waals surface area (Å²) in [5, 5.41) is 9.06. The van der Waals surface area contributed by atoms with Crippen LogP contribution in [0.15, 0.2) is 28.1 Å². The molecule has 2 aromatic rings. The summed E-state index contributed by atoms with van der Waals surface area (Å²) >= 11 is 1.69. The van der Waals surface area contributed by atoms with E-state index >= 15 is 0 Å². The van der Waals surface area contributed by atoms with Crippen LogP contribution in [0, 0.1) is 6.92 Å². The van der Waals surface area contributed by atoms with Crippen molar-refractivity contribution in [1.82, 2.24) is 20.3 Å². The molecule has 1 aliphatic carbocycles. The molecule has 2 fully saturated rings. The number of carbonyl (C=O) groups is 2. The third-order valence-electron chi connectivity index (χ3n) is 6.10. The number of nitrogens with zero attached hydrogens (tertiary/aromatic N) is 3. The van der Waals surface area contributed by atoms with Gasteiger partial charge in [0, 0.05) is 50.2 Å². The van der Waals surface area contributed by atoms with E-state index in [1.165, 1.54) is 4.88 Å². The zero-order chi connectivity index (χ0) is 20.3. The lowest BCUT2D eigenvalue weighted by atomic mass is 9.83. The summed E-state index contributed by atoms with van der Waals surface area (Å²) in [6.45, 7) is 6.16. The number of hydrogen-bond acceptors (Lipinski definition) is 6. The molecular weight excluding hydrogens is 388 g/mol. The molecule has 3 heterocycles. The SMILES string of the molecule is Cc1cc(C(=O)N2CCN(CCNC(=O)C3(c4cccs4)CCCC3)CC2)no1. The number of thiophene rings is 1. The van der Waals surface area contributed by atoms with Crippen LogP contribution in [-0.4, -0.2) is 66.0 Å². The lowest BCUT2D eigenvalue weighted by Crippen LogP contribution is -2.51. The normalized spacial score (nSPS) is 19.4. The van der Waals surface area contributed by atoms with E-state index in [4.69, 9.17) is 4.52 Å². The van der Waals surface area contributed by atoms with Crippen molar-refractivity contribution in [3.8, 4) is 0 Å². The van der Waals surface area contributed by atoms with Crippen LogP contribution in [0.3, 0.4) is 0 Å². The molecule has 1 saturated heterocycles. The molecule has 1 saturated carbocycles. The van der Waals surface area contributed by atoms with Crippen molar-refractivity contribution in [3.63, 3.8) is 0 Å². The summed E-state index contributed by atoms with van der Waals surface area (Å²) < 4.78 is 5.00. The minimum Gasteiger partial charge on any atom is -0.361 e. The van der Waals surface area contributed by atoms with Gasteiger partial charge in [-0.1, -0.05) is 24.1 Å². The van der Waals surface area contributed by atoms with E-state index in [9.17, 15) is 9.59 Å². The van der Waals surface area contributed by atoms with Gasteiger partial charge in [0.15, 0.2) is 5.69 Å². The topological polar surface area (TPSA) is 78.7 Å². The zero-order valence-electron chi connectivity index (χ0n) is 16.9. The van der Waals surface area contributed by atoms with E-state index in [2.05, 4.69) is 26.8 Å². The van der Waals surface area contributed by atoms with Gasteiger partial charge in [0.2, 0.25) is 5.91 Å². The van der Waals surface area contributed by atoms with Crippen molar-refractivity contribution in [2.45, 2.75) is 38.0 Å². The third-order valence-corrected chi connectivity index (χ3v) is 7.18. The van der Waals surface area contributed by atoms with E-state index in [1.54, 1.807) is 24.3 Å². The van der Waals surface area contributed by atoms with Crippen LogP contribution >= 0.6 is 11.3 Å².